The number of carbonyl (C=O) groups is 1. The zero-order valence-electron chi connectivity index (χ0n) is 9.53. The Morgan fingerprint density at radius 2 is 2.56 bits per heavy atom. The number of ether oxygens (including phenoxy) is 1. The Morgan fingerprint density at radius 3 is 3.12 bits per heavy atom. The molecule has 0 aromatic carbocycles. The molecule has 0 spiro atoms. The van der Waals surface area contributed by atoms with Crippen molar-refractivity contribution < 1.29 is 9.53 Å². The van der Waals surface area contributed by atoms with Crippen molar-refractivity contribution in [2.75, 3.05) is 19.4 Å². The van der Waals surface area contributed by atoms with E-state index in [0.29, 0.717) is 6.61 Å². The summed E-state index contributed by atoms with van der Waals surface area (Å²) in [6.07, 6.45) is 4.22. The number of aromatic nitrogens is 2. The Morgan fingerprint density at radius 1 is 1.75 bits per heavy atom. The maximum Gasteiger partial charge on any atom is 0.323 e. The summed E-state index contributed by atoms with van der Waals surface area (Å²) in [5, 5.41) is 3.82. The number of imidazole rings is 1. The topological polar surface area (TPSA) is 67.0 Å². The summed E-state index contributed by atoms with van der Waals surface area (Å²) < 4.78 is 4.95. The van der Waals surface area contributed by atoms with Gasteiger partial charge in [-0.2, -0.15) is 0 Å². The molecule has 0 fully saturated rings. The van der Waals surface area contributed by atoms with Crippen molar-refractivity contribution in [1.29, 1.82) is 0 Å². The van der Waals surface area contributed by atoms with Crippen LogP contribution in [0.3, 0.4) is 0 Å². The van der Waals surface area contributed by atoms with Gasteiger partial charge in [-0.1, -0.05) is 11.8 Å². The standard InChI is InChI=1S/C10H17N3O2S/c1-3-15-9(14)8(11-2)4-7-16-10-12-5-6-13-10/h5-6,8,11H,3-4,7H2,1-2H3,(H,12,13). The van der Waals surface area contributed by atoms with Crippen LogP contribution in [0.1, 0.15) is 13.3 Å². The minimum absolute atomic E-state index is 0.190. The normalized spacial score (nSPS) is 12.4. The predicted octanol–water partition coefficient (Wildman–Crippen LogP) is 1.04. The highest BCUT2D eigenvalue weighted by Gasteiger charge is 2.16. The van der Waals surface area contributed by atoms with Crippen LogP contribution in [0, 0.1) is 0 Å². The first-order chi connectivity index (χ1) is 7.77. The Balaban J connectivity index is 2.26. The summed E-state index contributed by atoms with van der Waals surface area (Å²) in [7, 11) is 1.76. The highest BCUT2D eigenvalue weighted by molar-refractivity contribution is 7.99. The summed E-state index contributed by atoms with van der Waals surface area (Å²) in [4.78, 5) is 18.5. The molecule has 1 heterocycles. The van der Waals surface area contributed by atoms with Crippen LogP contribution in [0.15, 0.2) is 17.6 Å². The lowest BCUT2D eigenvalue weighted by Gasteiger charge is -2.13. The van der Waals surface area contributed by atoms with Gasteiger partial charge in [0.25, 0.3) is 0 Å². The van der Waals surface area contributed by atoms with Gasteiger partial charge >= 0.3 is 5.97 Å². The van der Waals surface area contributed by atoms with Crippen molar-refractivity contribution in [2.45, 2.75) is 24.5 Å². The monoisotopic (exact) mass is 243 g/mol. The van der Waals surface area contributed by atoms with Gasteiger partial charge in [-0.3, -0.25) is 4.79 Å². The van der Waals surface area contributed by atoms with E-state index in [-0.39, 0.29) is 12.0 Å². The molecule has 0 bridgehead atoms. The van der Waals surface area contributed by atoms with Crippen LogP contribution in [-0.2, 0) is 9.53 Å². The van der Waals surface area contributed by atoms with E-state index in [1.54, 1.807) is 31.2 Å². The fraction of sp³-hybridized carbons (Fsp3) is 0.600. The highest BCUT2D eigenvalue weighted by Crippen LogP contribution is 2.14. The first-order valence-electron chi connectivity index (χ1n) is 5.24. The molecule has 2 N–H and O–H groups in total. The zero-order valence-corrected chi connectivity index (χ0v) is 10.3. The average Bonchev–Trinajstić information content (AvgIpc) is 2.77. The minimum Gasteiger partial charge on any atom is -0.465 e. The maximum atomic E-state index is 11.4. The van der Waals surface area contributed by atoms with Crippen LogP contribution < -0.4 is 5.32 Å². The number of nitrogens with zero attached hydrogens (tertiary/aromatic N) is 1. The van der Waals surface area contributed by atoms with Gasteiger partial charge in [0.2, 0.25) is 0 Å². The third kappa shape index (κ3) is 4.24. The first kappa shape index (κ1) is 13.1. The van der Waals surface area contributed by atoms with E-state index in [4.69, 9.17) is 4.74 Å². The number of hydrogen-bond donors (Lipinski definition) is 2. The average molecular weight is 243 g/mol. The third-order valence-electron chi connectivity index (χ3n) is 2.04. The van der Waals surface area contributed by atoms with Crippen molar-refractivity contribution in [1.82, 2.24) is 15.3 Å². The maximum absolute atomic E-state index is 11.4. The van der Waals surface area contributed by atoms with Gasteiger partial charge in [0.15, 0.2) is 5.16 Å². The fourth-order valence-corrected chi connectivity index (χ4v) is 2.06. The molecule has 0 aliphatic rings. The van der Waals surface area contributed by atoms with Crippen LogP contribution in [0.4, 0.5) is 0 Å². The quantitative estimate of drug-likeness (QED) is 0.553. The summed E-state index contributed by atoms with van der Waals surface area (Å²) >= 11 is 1.59. The van der Waals surface area contributed by atoms with E-state index in [2.05, 4.69) is 15.3 Å². The molecule has 1 aromatic heterocycles. The summed E-state index contributed by atoms with van der Waals surface area (Å²) in [5.41, 5.74) is 0. The molecular formula is C10H17N3O2S. The summed E-state index contributed by atoms with van der Waals surface area (Å²) in [6, 6.07) is -0.234. The molecule has 1 rings (SSSR count). The third-order valence-corrected chi connectivity index (χ3v) is 2.97. The molecule has 16 heavy (non-hydrogen) atoms. The van der Waals surface area contributed by atoms with Crippen LogP contribution in [0.2, 0.25) is 0 Å². The van der Waals surface area contributed by atoms with E-state index >= 15 is 0 Å². The first-order valence-corrected chi connectivity index (χ1v) is 6.22. The molecule has 90 valence electrons. The molecule has 1 unspecified atom stereocenters. The van der Waals surface area contributed by atoms with Crippen LogP contribution in [0.25, 0.3) is 0 Å². The second-order valence-corrected chi connectivity index (χ2v) is 4.21. The fourth-order valence-electron chi connectivity index (χ4n) is 1.23. The van der Waals surface area contributed by atoms with Gasteiger partial charge in [-0.15, -0.1) is 0 Å². The Kier molecular flexibility index (Phi) is 5.95. The van der Waals surface area contributed by atoms with Gasteiger partial charge < -0.3 is 15.0 Å². The van der Waals surface area contributed by atoms with Gasteiger partial charge in [-0.25, -0.2) is 4.98 Å². The highest BCUT2D eigenvalue weighted by atomic mass is 32.2. The van der Waals surface area contributed by atoms with Crippen molar-refractivity contribution in [3.05, 3.63) is 12.4 Å². The van der Waals surface area contributed by atoms with Crippen molar-refractivity contribution in [3.63, 3.8) is 0 Å². The number of rotatable bonds is 7. The van der Waals surface area contributed by atoms with Crippen LogP contribution >= 0.6 is 11.8 Å². The van der Waals surface area contributed by atoms with E-state index in [9.17, 15) is 4.79 Å². The molecule has 0 saturated carbocycles. The summed E-state index contributed by atoms with van der Waals surface area (Å²) in [6.45, 7) is 2.23. The van der Waals surface area contributed by atoms with Crippen LogP contribution in [-0.4, -0.2) is 41.4 Å². The molecule has 5 nitrogen and oxygen atoms in total. The second kappa shape index (κ2) is 7.29. The number of aromatic amines is 1. The largest absolute Gasteiger partial charge is 0.465 e. The Labute approximate surface area is 99.4 Å². The van der Waals surface area contributed by atoms with Gasteiger partial charge in [0.1, 0.15) is 6.04 Å². The molecule has 0 saturated heterocycles. The zero-order chi connectivity index (χ0) is 11.8. The number of carbonyl (C=O) groups excluding carboxylic acids is 1. The molecular weight excluding hydrogens is 226 g/mol. The molecule has 1 aromatic rings. The van der Waals surface area contributed by atoms with Gasteiger partial charge in [0.05, 0.1) is 6.61 Å². The second-order valence-electron chi connectivity index (χ2n) is 3.12. The van der Waals surface area contributed by atoms with E-state index in [0.717, 1.165) is 17.3 Å². The van der Waals surface area contributed by atoms with E-state index in [1.165, 1.54) is 0 Å². The molecule has 0 aliphatic carbocycles. The smallest absolute Gasteiger partial charge is 0.323 e. The van der Waals surface area contributed by atoms with Crippen LogP contribution in [0.5, 0.6) is 0 Å². The number of esters is 1. The molecule has 6 heteroatoms. The summed E-state index contributed by atoms with van der Waals surface area (Å²) in [5.74, 6) is 0.628. The lowest BCUT2D eigenvalue weighted by Crippen LogP contribution is -2.36. The molecule has 0 amide bonds. The Hall–Kier alpha value is -1.01. The van der Waals surface area contributed by atoms with E-state index in [1.807, 2.05) is 6.92 Å². The predicted molar refractivity (Wildman–Crippen MR) is 63.4 cm³/mol. The number of hydrogen-bond acceptors (Lipinski definition) is 5. The molecule has 1 atom stereocenters. The lowest BCUT2D eigenvalue weighted by atomic mass is 10.2. The Bertz CT molecular complexity index is 303. The number of thioether (sulfide) groups is 1. The van der Waals surface area contributed by atoms with Gasteiger partial charge in [0, 0.05) is 18.1 Å². The lowest BCUT2D eigenvalue weighted by molar-refractivity contribution is -0.145. The molecule has 0 aliphatic heterocycles. The van der Waals surface area contributed by atoms with Crippen molar-refractivity contribution >= 4 is 17.7 Å². The SMILES string of the molecule is CCOC(=O)C(CCSc1ncc[nH]1)NC. The van der Waals surface area contributed by atoms with Crippen molar-refractivity contribution in [2.24, 2.45) is 0 Å². The van der Waals surface area contributed by atoms with Crippen molar-refractivity contribution in [3.8, 4) is 0 Å². The molecule has 0 radical (unpaired) electrons. The number of H-pyrrole nitrogens is 1. The number of likely N-dealkylation sites (N-methyl/N-ethyl adjacent to an activating group) is 1. The minimum atomic E-state index is -0.234. The number of nitrogens with one attached hydrogen (secondary N) is 2. The van der Waals surface area contributed by atoms with E-state index < -0.39 is 0 Å². The van der Waals surface area contributed by atoms with Gasteiger partial charge in [-0.05, 0) is 20.4 Å².